The normalized spacial score (nSPS) is 18.4. The Kier molecular flexibility index (Phi) is 4.79. The van der Waals surface area contributed by atoms with Gasteiger partial charge in [0.1, 0.15) is 0 Å². The van der Waals surface area contributed by atoms with E-state index in [2.05, 4.69) is 43.0 Å². The van der Waals surface area contributed by atoms with E-state index in [0.717, 1.165) is 13.0 Å². The Hall–Kier alpha value is -0.860. The summed E-state index contributed by atoms with van der Waals surface area (Å²) in [7, 11) is 0. The first-order chi connectivity index (χ1) is 8.65. The van der Waals surface area contributed by atoms with Gasteiger partial charge in [0.25, 0.3) is 0 Å². The summed E-state index contributed by atoms with van der Waals surface area (Å²) in [5.74, 6) is 0.717. The molecule has 0 saturated carbocycles. The molecule has 0 spiro atoms. The first kappa shape index (κ1) is 13.6. The molecule has 2 nitrogen and oxygen atoms in total. The minimum absolute atomic E-state index is 0.163. The molecule has 1 aromatic carbocycles. The molecule has 1 aromatic rings. The van der Waals surface area contributed by atoms with Crippen LogP contribution in [0.25, 0.3) is 0 Å². The van der Waals surface area contributed by atoms with Gasteiger partial charge in [0.15, 0.2) is 0 Å². The average molecular weight is 246 g/mol. The molecule has 1 heterocycles. The van der Waals surface area contributed by atoms with Gasteiger partial charge in [-0.1, -0.05) is 38.1 Å². The molecule has 0 amide bonds. The van der Waals surface area contributed by atoms with Gasteiger partial charge in [-0.2, -0.15) is 0 Å². The van der Waals surface area contributed by atoms with Crippen LogP contribution in [0.5, 0.6) is 0 Å². The maximum atomic E-state index is 6.28. The lowest BCUT2D eigenvalue weighted by molar-refractivity contribution is 0.316. The summed E-state index contributed by atoms with van der Waals surface area (Å²) in [6.07, 6.45) is 3.82. The molecule has 1 atom stereocenters. The molecule has 2 heteroatoms. The molecule has 0 bridgehead atoms. The quantitative estimate of drug-likeness (QED) is 0.865. The molecule has 1 aliphatic heterocycles. The van der Waals surface area contributed by atoms with Crippen molar-refractivity contribution in [3.8, 4) is 0 Å². The summed E-state index contributed by atoms with van der Waals surface area (Å²) in [5, 5.41) is 0. The van der Waals surface area contributed by atoms with E-state index < -0.39 is 0 Å². The monoisotopic (exact) mass is 246 g/mol. The standard InChI is InChI=1S/C16H26N2/c1-13(2)11-14-5-7-15(8-6-14)16(17)12-18-9-3-4-10-18/h5-8,13,16H,3-4,9-12,17H2,1-2H3. The maximum Gasteiger partial charge on any atom is 0.0424 e. The van der Waals surface area contributed by atoms with Gasteiger partial charge in [0.05, 0.1) is 0 Å². The van der Waals surface area contributed by atoms with Crippen LogP contribution in [0.4, 0.5) is 0 Å². The molecule has 0 aliphatic carbocycles. The highest BCUT2D eigenvalue weighted by Gasteiger charge is 2.15. The Balaban J connectivity index is 1.91. The zero-order valence-electron chi connectivity index (χ0n) is 11.7. The lowest BCUT2D eigenvalue weighted by Gasteiger charge is -2.20. The van der Waals surface area contributed by atoms with Crippen LogP contribution in [0.2, 0.25) is 0 Å². The highest BCUT2D eigenvalue weighted by Crippen LogP contribution is 2.17. The van der Waals surface area contributed by atoms with Crippen molar-refractivity contribution >= 4 is 0 Å². The number of hydrogen-bond donors (Lipinski definition) is 1. The van der Waals surface area contributed by atoms with Gasteiger partial charge >= 0.3 is 0 Å². The first-order valence-electron chi connectivity index (χ1n) is 7.22. The Morgan fingerprint density at radius 1 is 1.11 bits per heavy atom. The smallest absolute Gasteiger partial charge is 0.0424 e. The number of nitrogens with zero attached hydrogens (tertiary/aromatic N) is 1. The number of nitrogens with two attached hydrogens (primary N) is 1. The molecular formula is C16H26N2. The molecular weight excluding hydrogens is 220 g/mol. The van der Waals surface area contributed by atoms with Crippen LogP contribution in [0.1, 0.15) is 43.9 Å². The fourth-order valence-electron chi connectivity index (χ4n) is 2.72. The topological polar surface area (TPSA) is 29.3 Å². The summed E-state index contributed by atoms with van der Waals surface area (Å²) >= 11 is 0. The average Bonchev–Trinajstić information content (AvgIpc) is 2.82. The van der Waals surface area contributed by atoms with Crippen molar-refractivity contribution in [2.45, 2.75) is 39.2 Å². The van der Waals surface area contributed by atoms with E-state index in [0.29, 0.717) is 5.92 Å². The Morgan fingerprint density at radius 3 is 2.28 bits per heavy atom. The molecule has 100 valence electrons. The highest BCUT2D eigenvalue weighted by molar-refractivity contribution is 5.25. The lowest BCUT2D eigenvalue weighted by atomic mass is 9.99. The predicted molar refractivity (Wildman–Crippen MR) is 77.6 cm³/mol. The van der Waals surface area contributed by atoms with Crippen LogP contribution in [-0.4, -0.2) is 24.5 Å². The number of hydrogen-bond acceptors (Lipinski definition) is 2. The number of likely N-dealkylation sites (tertiary alicyclic amines) is 1. The minimum atomic E-state index is 0.163. The fourth-order valence-corrected chi connectivity index (χ4v) is 2.72. The second kappa shape index (κ2) is 6.35. The van der Waals surface area contributed by atoms with Crippen molar-refractivity contribution < 1.29 is 0 Å². The van der Waals surface area contributed by atoms with E-state index in [1.807, 2.05) is 0 Å². The fraction of sp³-hybridized carbons (Fsp3) is 0.625. The SMILES string of the molecule is CC(C)Cc1ccc(C(N)CN2CCCC2)cc1. The molecule has 1 fully saturated rings. The van der Waals surface area contributed by atoms with E-state index in [1.165, 1.54) is 37.1 Å². The van der Waals surface area contributed by atoms with Crippen LogP contribution in [0, 0.1) is 5.92 Å². The van der Waals surface area contributed by atoms with Gasteiger partial charge in [-0.05, 0) is 49.4 Å². The second-order valence-corrected chi connectivity index (χ2v) is 5.95. The molecule has 0 radical (unpaired) electrons. The molecule has 1 saturated heterocycles. The molecule has 1 aliphatic rings. The van der Waals surface area contributed by atoms with E-state index in [1.54, 1.807) is 0 Å². The van der Waals surface area contributed by atoms with Crippen LogP contribution >= 0.6 is 0 Å². The van der Waals surface area contributed by atoms with E-state index in [9.17, 15) is 0 Å². The van der Waals surface area contributed by atoms with Gasteiger partial charge in [-0.15, -0.1) is 0 Å². The van der Waals surface area contributed by atoms with E-state index >= 15 is 0 Å². The second-order valence-electron chi connectivity index (χ2n) is 5.95. The summed E-state index contributed by atoms with van der Waals surface area (Å²) in [6, 6.07) is 9.05. The van der Waals surface area contributed by atoms with Crippen molar-refractivity contribution in [1.82, 2.24) is 4.90 Å². The molecule has 2 rings (SSSR count). The van der Waals surface area contributed by atoms with Gasteiger partial charge in [-0.3, -0.25) is 0 Å². The van der Waals surface area contributed by atoms with Crippen LogP contribution in [0.15, 0.2) is 24.3 Å². The minimum Gasteiger partial charge on any atom is -0.323 e. The largest absolute Gasteiger partial charge is 0.323 e. The van der Waals surface area contributed by atoms with Crippen molar-refractivity contribution in [2.24, 2.45) is 11.7 Å². The number of benzene rings is 1. The summed E-state index contributed by atoms with van der Waals surface area (Å²) in [6.45, 7) is 7.96. The zero-order chi connectivity index (χ0) is 13.0. The van der Waals surface area contributed by atoms with Crippen molar-refractivity contribution in [3.05, 3.63) is 35.4 Å². The summed E-state index contributed by atoms with van der Waals surface area (Å²) in [5.41, 5.74) is 8.98. The Morgan fingerprint density at radius 2 is 1.72 bits per heavy atom. The third-order valence-corrected chi connectivity index (χ3v) is 3.71. The molecule has 0 aromatic heterocycles. The van der Waals surface area contributed by atoms with Gasteiger partial charge in [-0.25, -0.2) is 0 Å². The van der Waals surface area contributed by atoms with Gasteiger partial charge in [0, 0.05) is 12.6 Å². The molecule has 2 N–H and O–H groups in total. The highest BCUT2D eigenvalue weighted by atomic mass is 15.1. The summed E-state index contributed by atoms with van der Waals surface area (Å²) in [4.78, 5) is 2.48. The molecule has 1 unspecified atom stereocenters. The summed E-state index contributed by atoms with van der Waals surface area (Å²) < 4.78 is 0. The predicted octanol–water partition coefficient (Wildman–Crippen LogP) is 2.98. The van der Waals surface area contributed by atoms with Crippen molar-refractivity contribution in [3.63, 3.8) is 0 Å². The van der Waals surface area contributed by atoms with Gasteiger partial charge < -0.3 is 10.6 Å². The zero-order valence-corrected chi connectivity index (χ0v) is 11.7. The van der Waals surface area contributed by atoms with Crippen molar-refractivity contribution in [2.75, 3.05) is 19.6 Å². The van der Waals surface area contributed by atoms with Gasteiger partial charge in [0.2, 0.25) is 0 Å². The number of rotatable bonds is 5. The van der Waals surface area contributed by atoms with E-state index in [-0.39, 0.29) is 6.04 Å². The van der Waals surface area contributed by atoms with E-state index in [4.69, 9.17) is 5.73 Å². The first-order valence-corrected chi connectivity index (χ1v) is 7.22. The molecule has 18 heavy (non-hydrogen) atoms. The third kappa shape index (κ3) is 3.82. The maximum absolute atomic E-state index is 6.28. The third-order valence-electron chi connectivity index (χ3n) is 3.71. The van der Waals surface area contributed by atoms with Crippen molar-refractivity contribution in [1.29, 1.82) is 0 Å². The van der Waals surface area contributed by atoms with Crippen LogP contribution < -0.4 is 5.73 Å². The van der Waals surface area contributed by atoms with Crippen LogP contribution in [0.3, 0.4) is 0 Å². The Labute approximate surface area is 111 Å². The van der Waals surface area contributed by atoms with Crippen LogP contribution in [-0.2, 0) is 6.42 Å². The lowest BCUT2D eigenvalue weighted by Crippen LogP contribution is -2.29. The Bertz CT molecular complexity index is 350.